The lowest BCUT2D eigenvalue weighted by molar-refractivity contribution is 0.102. The van der Waals surface area contributed by atoms with Crippen LogP contribution in [0.3, 0.4) is 0 Å². The van der Waals surface area contributed by atoms with Crippen LogP contribution in [-0.2, 0) is 0 Å². The van der Waals surface area contributed by atoms with Crippen molar-refractivity contribution in [1.82, 2.24) is 19.4 Å². The van der Waals surface area contributed by atoms with Crippen LogP contribution in [0.4, 0.5) is 5.69 Å². The number of carbonyl (C=O) groups excluding carboxylic acids is 1. The first-order valence-corrected chi connectivity index (χ1v) is 7.31. The molecule has 0 bridgehead atoms. The van der Waals surface area contributed by atoms with Crippen LogP contribution < -0.4 is 5.32 Å². The number of aryl methyl sites for hydroxylation is 2. The lowest BCUT2D eigenvalue weighted by Gasteiger charge is -2.06. The molecule has 0 saturated carbocycles. The number of nitrogens with zero attached hydrogens (tertiary/aromatic N) is 3. The molecule has 4 aromatic rings. The van der Waals surface area contributed by atoms with E-state index in [9.17, 15) is 4.79 Å². The van der Waals surface area contributed by atoms with Crippen LogP contribution in [0.1, 0.15) is 21.7 Å². The minimum Gasteiger partial charge on any atom is -0.345 e. The third kappa shape index (κ3) is 2.24. The second kappa shape index (κ2) is 4.95. The van der Waals surface area contributed by atoms with Gasteiger partial charge < -0.3 is 14.7 Å². The summed E-state index contributed by atoms with van der Waals surface area (Å²) < 4.78 is 1.98. The van der Waals surface area contributed by atoms with Crippen molar-refractivity contribution in [2.24, 2.45) is 0 Å². The van der Waals surface area contributed by atoms with E-state index in [0.29, 0.717) is 5.56 Å². The van der Waals surface area contributed by atoms with Gasteiger partial charge in [0.15, 0.2) is 0 Å². The van der Waals surface area contributed by atoms with Crippen molar-refractivity contribution in [3.8, 4) is 0 Å². The summed E-state index contributed by atoms with van der Waals surface area (Å²) in [5.41, 5.74) is 5.92. The van der Waals surface area contributed by atoms with Crippen LogP contribution >= 0.6 is 0 Å². The fourth-order valence-electron chi connectivity index (χ4n) is 2.63. The zero-order chi connectivity index (χ0) is 16.0. The SMILES string of the molecule is Cc1nc2ccc(NC(=O)c3ccc4nc[nH]c4c3)cn2c1C. The summed E-state index contributed by atoms with van der Waals surface area (Å²) >= 11 is 0. The van der Waals surface area contributed by atoms with Gasteiger partial charge in [-0.25, -0.2) is 9.97 Å². The van der Waals surface area contributed by atoms with E-state index in [2.05, 4.69) is 20.3 Å². The van der Waals surface area contributed by atoms with E-state index >= 15 is 0 Å². The van der Waals surface area contributed by atoms with Crippen molar-refractivity contribution in [3.63, 3.8) is 0 Å². The Morgan fingerprint density at radius 3 is 2.96 bits per heavy atom. The number of aromatic amines is 1. The standard InChI is InChI=1S/C17H15N5O/c1-10-11(2)22-8-13(4-6-16(22)20-10)21-17(23)12-3-5-14-15(7-12)19-9-18-14/h3-9H,1-2H3,(H,18,19)(H,21,23). The highest BCUT2D eigenvalue weighted by Gasteiger charge is 2.10. The predicted octanol–water partition coefficient (Wildman–Crippen LogP) is 3.08. The van der Waals surface area contributed by atoms with E-state index in [-0.39, 0.29) is 5.91 Å². The van der Waals surface area contributed by atoms with E-state index < -0.39 is 0 Å². The zero-order valence-corrected chi connectivity index (χ0v) is 12.8. The topological polar surface area (TPSA) is 75.1 Å². The fourth-order valence-corrected chi connectivity index (χ4v) is 2.63. The molecule has 6 heteroatoms. The van der Waals surface area contributed by atoms with Gasteiger partial charge in [0.05, 0.1) is 28.7 Å². The Morgan fingerprint density at radius 1 is 1.22 bits per heavy atom. The maximum absolute atomic E-state index is 12.4. The Bertz CT molecular complexity index is 1040. The molecule has 0 atom stereocenters. The number of fused-ring (bicyclic) bond motifs is 2. The van der Waals surface area contributed by atoms with Crippen LogP contribution in [-0.4, -0.2) is 25.3 Å². The minimum atomic E-state index is -0.157. The van der Waals surface area contributed by atoms with E-state index in [4.69, 9.17) is 0 Å². The van der Waals surface area contributed by atoms with Gasteiger partial charge in [0.1, 0.15) is 5.65 Å². The molecule has 0 aliphatic rings. The Kier molecular flexibility index (Phi) is 2.90. The minimum absolute atomic E-state index is 0.157. The summed E-state index contributed by atoms with van der Waals surface area (Å²) in [4.78, 5) is 24.1. The zero-order valence-electron chi connectivity index (χ0n) is 12.8. The second-order valence-corrected chi connectivity index (χ2v) is 5.52. The molecule has 23 heavy (non-hydrogen) atoms. The van der Waals surface area contributed by atoms with Gasteiger partial charge in [0.2, 0.25) is 0 Å². The van der Waals surface area contributed by atoms with Gasteiger partial charge in [-0.3, -0.25) is 4.79 Å². The van der Waals surface area contributed by atoms with Gasteiger partial charge >= 0.3 is 0 Å². The Hall–Kier alpha value is -3.15. The highest BCUT2D eigenvalue weighted by atomic mass is 16.1. The number of amides is 1. The number of carbonyl (C=O) groups is 1. The normalized spacial score (nSPS) is 11.2. The molecule has 0 saturated heterocycles. The molecule has 1 amide bonds. The second-order valence-electron chi connectivity index (χ2n) is 5.52. The highest BCUT2D eigenvalue weighted by molar-refractivity contribution is 6.05. The molecule has 4 rings (SSSR count). The summed E-state index contributed by atoms with van der Waals surface area (Å²) in [6, 6.07) is 9.14. The quantitative estimate of drug-likeness (QED) is 0.597. The van der Waals surface area contributed by atoms with Gasteiger partial charge in [-0.2, -0.15) is 0 Å². The summed E-state index contributed by atoms with van der Waals surface area (Å²) in [5, 5.41) is 2.92. The third-order valence-electron chi connectivity index (χ3n) is 4.03. The molecule has 0 unspecified atom stereocenters. The molecule has 3 aromatic heterocycles. The van der Waals surface area contributed by atoms with E-state index in [1.165, 1.54) is 0 Å². The number of aromatic nitrogens is 4. The van der Waals surface area contributed by atoms with E-state index in [1.807, 2.05) is 42.6 Å². The van der Waals surface area contributed by atoms with Crippen LogP contribution in [0.5, 0.6) is 0 Å². The number of hydrogen-bond acceptors (Lipinski definition) is 3. The first kappa shape index (κ1) is 13.5. The molecule has 0 radical (unpaired) electrons. The Labute approximate surface area is 132 Å². The molecule has 0 aliphatic heterocycles. The van der Waals surface area contributed by atoms with E-state index in [0.717, 1.165) is 33.8 Å². The van der Waals surface area contributed by atoms with Crippen molar-refractivity contribution in [3.05, 3.63) is 59.8 Å². The molecule has 1 aromatic carbocycles. The molecule has 2 N–H and O–H groups in total. The Morgan fingerprint density at radius 2 is 2.09 bits per heavy atom. The van der Waals surface area contributed by atoms with Crippen molar-refractivity contribution >= 4 is 28.3 Å². The van der Waals surface area contributed by atoms with Gasteiger partial charge in [0.25, 0.3) is 5.91 Å². The summed E-state index contributed by atoms with van der Waals surface area (Å²) in [6.07, 6.45) is 3.50. The summed E-state index contributed by atoms with van der Waals surface area (Å²) in [5.74, 6) is -0.157. The number of hydrogen-bond donors (Lipinski definition) is 2. The van der Waals surface area contributed by atoms with Gasteiger partial charge in [-0.1, -0.05) is 0 Å². The molecule has 0 spiro atoms. The third-order valence-corrected chi connectivity index (χ3v) is 4.03. The molecule has 0 fully saturated rings. The highest BCUT2D eigenvalue weighted by Crippen LogP contribution is 2.17. The molecule has 114 valence electrons. The maximum Gasteiger partial charge on any atom is 0.255 e. The van der Waals surface area contributed by atoms with Gasteiger partial charge in [0, 0.05) is 17.5 Å². The van der Waals surface area contributed by atoms with Gasteiger partial charge in [-0.05, 0) is 44.2 Å². The number of H-pyrrole nitrogens is 1. The average molecular weight is 305 g/mol. The monoisotopic (exact) mass is 305 g/mol. The number of pyridine rings is 1. The summed E-state index contributed by atoms with van der Waals surface area (Å²) in [6.45, 7) is 3.98. The van der Waals surface area contributed by atoms with Crippen LogP contribution in [0.25, 0.3) is 16.7 Å². The van der Waals surface area contributed by atoms with Crippen LogP contribution in [0, 0.1) is 13.8 Å². The lowest BCUT2D eigenvalue weighted by Crippen LogP contribution is -2.12. The molecule has 6 nitrogen and oxygen atoms in total. The van der Waals surface area contributed by atoms with Crippen LogP contribution in [0.15, 0.2) is 42.9 Å². The maximum atomic E-state index is 12.4. The number of benzene rings is 1. The first-order valence-electron chi connectivity index (χ1n) is 7.31. The molecule has 0 aliphatic carbocycles. The fraction of sp³-hybridized carbons (Fsp3) is 0.118. The van der Waals surface area contributed by atoms with Crippen molar-refractivity contribution in [2.75, 3.05) is 5.32 Å². The number of nitrogens with one attached hydrogen (secondary N) is 2. The molecular formula is C17H15N5O. The predicted molar refractivity (Wildman–Crippen MR) is 88.7 cm³/mol. The van der Waals surface area contributed by atoms with Gasteiger partial charge in [-0.15, -0.1) is 0 Å². The first-order chi connectivity index (χ1) is 11.1. The number of anilines is 1. The van der Waals surface area contributed by atoms with Crippen molar-refractivity contribution in [2.45, 2.75) is 13.8 Å². The smallest absolute Gasteiger partial charge is 0.255 e. The van der Waals surface area contributed by atoms with Crippen molar-refractivity contribution < 1.29 is 4.79 Å². The molecular weight excluding hydrogens is 290 g/mol. The average Bonchev–Trinajstić information content (AvgIpc) is 3.12. The number of rotatable bonds is 2. The van der Waals surface area contributed by atoms with Crippen LogP contribution in [0.2, 0.25) is 0 Å². The Balaban J connectivity index is 1.66. The number of imidazole rings is 2. The lowest BCUT2D eigenvalue weighted by atomic mass is 10.2. The van der Waals surface area contributed by atoms with Crippen molar-refractivity contribution in [1.29, 1.82) is 0 Å². The molecule has 3 heterocycles. The summed E-state index contributed by atoms with van der Waals surface area (Å²) in [7, 11) is 0. The van der Waals surface area contributed by atoms with E-state index in [1.54, 1.807) is 18.5 Å². The largest absolute Gasteiger partial charge is 0.345 e.